The quantitative estimate of drug-likeness (QED) is 0.575. The highest BCUT2D eigenvalue weighted by molar-refractivity contribution is 5.98. The lowest BCUT2D eigenvalue weighted by Crippen LogP contribution is -2.00. The third kappa shape index (κ3) is 3.72. The highest BCUT2D eigenvalue weighted by Gasteiger charge is 2.00. The van der Waals surface area contributed by atoms with Crippen LogP contribution in [0.4, 0.5) is 0 Å². The number of benzene rings is 1. The van der Waals surface area contributed by atoms with E-state index in [-0.39, 0.29) is 6.79 Å². The zero-order valence-electron chi connectivity index (χ0n) is 9.25. The van der Waals surface area contributed by atoms with Crippen LogP contribution in [0.15, 0.2) is 24.3 Å². The molecule has 1 aromatic carbocycles. The summed E-state index contributed by atoms with van der Waals surface area (Å²) >= 11 is 0. The SMILES string of the molecule is CCCC(=N)c1ccc(OCOC)cc1. The van der Waals surface area contributed by atoms with E-state index in [1.165, 1.54) is 0 Å². The molecule has 0 spiro atoms. The molecule has 15 heavy (non-hydrogen) atoms. The Kier molecular flexibility index (Phi) is 4.84. The third-order valence-electron chi connectivity index (χ3n) is 2.05. The number of nitrogens with one attached hydrogen (secondary N) is 1. The molecular weight excluding hydrogens is 190 g/mol. The summed E-state index contributed by atoms with van der Waals surface area (Å²) in [6, 6.07) is 7.53. The molecule has 0 radical (unpaired) electrons. The van der Waals surface area contributed by atoms with Crippen molar-refractivity contribution in [1.29, 1.82) is 5.41 Å². The summed E-state index contributed by atoms with van der Waals surface area (Å²) in [6.45, 7) is 2.33. The van der Waals surface area contributed by atoms with Crippen LogP contribution in [0.1, 0.15) is 25.3 Å². The summed E-state index contributed by atoms with van der Waals surface area (Å²) in [7, 11) is 1.59. The normalized spacial score (nSPS) is 10.0. The van der Waals surface area contributed by atoms with E-state index in [4.69, 9.17) is 14.9 Å². The van der Waals surface area contributed by atoms with Crippen LogP contribution in [-0.4, -0.2) is 19.6 Å². The van der Waals surface area contributed by atoms with E-state index >= 15 is 0 Å². The van der Waals surface area contributed by atoms with Crippen LogP contribution in [0.2, 0.25) is 0 Å². The number of methoxy groups -OCH3 is 1. The van der Waals surface area contributed by atoms with E-state index in [2.05, 4.69) is 6.92 Å². The first kappa shape index (κ1) is 11.7. The Hall–Kier alpha value is -1.35. The van der Waals surface area contributed by atoms with E-state index in [9.17, 15) is 0 Å². The maximum Gasteiger partial charge on any atom is 0.188 e. The molecule has 0 saturated heterocycles. The molecule has 0 aliphatic rings. The maximum absolute atomic E-state index is 7.77. The predicted molar refractivity (Wildman–Crippen MR) is 60.7 cm³/mol. The van der Waals surface area contributed by atoms with Gasteiger partial charge in [-0.1, -0.05) is 13.3 Å². The van der Waals surface area contributed by atoms with E-state index < -0.39 is 0 Å². The van der Waals surface area contributed by atoms with Gasteiger partial charge in [0.1, 0.15) is 5.75 Å². The highest BCUT2D eigenvalue weighted by Crippen LogP contribution is 2.13. The molecule has 0 aromatic heterocycles. The van der Waals surface area contributed by atoms with Crippen molar-refractivity contribution in [2.75, 3.05) is 13.9 Å². The molecule has 82 valence electrons. The Morgan fingerprint density at radius 1 is 1.27 bits per heavy atom. The van der Waals surface area contributed by atoms with Gasteiger partial charge in [-0.25, -0.2) is 0 Å². The van der Waals surface area contributed by atoms with Gasteiger partial charge in [0.05, 0.1) is 0 Å². The van der Waals surface area contributed by atoms with Crippen molar-refractivity contribution in [2.45, 2.75) is 19.8 Å². The van der Waals surface area contributed by atoms with Crippen molar-refractivity contribution in [3.63, 3.8) is 0 Å². The lowest BCUT2D eigenvalue weighted by atomic mass is 10.1. The van der Waals surface area contributed by atoms with Gasteiger partial charge in [-0.3, -0.25) is 0 Å². The van der Waals surface area contributed by atoms with Gasteiger partial charge in [-0.05, 0) is 36.2 Å². The molecule has 0 aliphatic carbocycles. The molecule has 0 bridgehead atoms. The molecule has 0 aliphatic heterocycles. The van der Waals surface area contributed by atoms with Gasteiger partial charge >= 0.3 is 0 Å². The standard InChI is InChI=1S/C12H17NO2/c1-3-4-12(13)10-5-7-11(8-6-10)15-9-14-2/h5-8,13H,3-4,9H2,1-2H3. The van der Waals surface area contributed by atoms with Crippen molar-refractivity contribution >= 4 is 5.71 Å². The van der Waals surface area contributed by atoms with Gasteiger partial charge in [-0.15, -0.1) is 0 Å². The lowest BCUT2D eigenvalue weighted by Gasteiger charge is -2.06. The summed E-state index contributed by atoms with van der Waals surface area (Å²) in [5.41, 5.74) is 1.64. The minimum Gasteiger partial charge on any atom is -0.468 e. The number of ether oxygens (including phenoxy) is 2. The van der Waals surface area contributed by atoms with Crippen LogP contribution in [-0.2, 0) is 4.74 Å². The molecule has 0 atom stereocenters. The van der Waals surface area contributed by atoms with Crippen molar-refractivity contribution in [3.05, 3.63) is 29.8 Å². The molecule has 0 amide bonds. The van der Waals surface area contributed by atoms with Gasteiger partial charge in [0.15, 0.2) is 6.79 Å². The lowest BCUT2D eigenvalue weighted by molar-refractivity contribution is 0.0511. The maximum atomic E-state index is 7.77. The molecule has 3 heteroatoms. The second kappa shape index (κ2) is 6.19. The molecule has 1 aromatic rings. The average Bonchev–Trinajstić information content (AvgIpc) is 2.27. The first-order chi connectivity index (χ1) is 7.27. The van der Waals surface area contributed by atoms with Crippen LogP contribution < -0.4 is 4.74 Å². The smallest absolute Gasteiger partial charge is 0.188 e. The van der Waals surface area contributed by atoms with Gasteiger partial charge < -0.3 is 14.9 Å². The predicted octanol–water partition coefficient (Wildman–Crippen LogP) is 2.84. The van der Waals surface area contributed by atoms with Crippen molar-refractivity contribution < 1.29 is 9.47 Å². The van der Waals surface area contributed by atoms with Crippen LogP contribution in [0.3, 0.4) is 0 Å². The molecule has 1 N–H and O–H groups in total. The average molecular weight is 207 g/mol. The summed E-state index contributed by atoms with van der Waals surface area (Å²) in [4.78, 5) is 0. The van der Waals surface area contributed by atoms with Gasteiger partial charge in [0, 0.05) is 12.8 Å². The molecule has 0 heterocycles. The van der Waals surface area contributed by atoms with Gasteiger partial charge in [-0.2, -0.15) is 0 Å². The van der Waals surface area contributed by atoms with E-state index in [1.54, 1.807) is 7.11 Å². The number of hydrogen-bond acceptors (Lipinski definition) is 3. The van der Waals surface area contributed by atoms with Crippen molar-refractivity contribution in [1.82, 2.24) is 0 Å². The minimum atomic E-state index is 0.256. The van der Waals surface area contributed by atoms with Crippen molar-refractivity contribution in [3.8, 4) is 5.75 Å². The zero-order chi connectivity index (χ0) is 11.1. The third-order valence-corrected chi connectivity index (χ3v) is 2.05. The van der Waals surface area contributed by atoms with Crippen LogP contribution in [0.5, 0.6) is 5.75 Å². The Balaban J connectivity index is 2.59. The summed E-state index contributed by atoms with van der Waals surface area (Å²) in [5.74, 6) is 0.768. The zero-order valence-corrected chi connectivity index (χ0v) is 9.25. The molecule has 0 saturated carbocycles. The van der Waals surface area contributed by atoms with Gasteiger partial charge in [0.2, 0.25) is 0 Å². The Morgan fingerprint density at radius 3 is 2.47 bits per heavy atom. The van der Waals surface area contributed by atoms with Crippen molar-refractivity contribution in [2.24, 2.45) is 0 Å². The Morgan fingerprint density at radius 2 is 1.93 bits per heavy atom. The monoisotopic (exact) mass is 207 g/mol. The second-order valence-corrected chi connectivity index (χ2v) is 3.30. The van der Waals surface area contributed by atoms with Crippen LogP contribution in [0.25, 0.3) is 0 Å². The Labute approximate surface area is 90.5 Å². The van der Waals surface area contributed by atoms with E-state index in [0.29, 0.717) is 5.71 Å². The van der Waals surface area contributed by atoms with Gasteiger partial charge in [0.25, 0.3) is 0 Å². The first-order valence-corrected chi connectivity index (χ1v) is 5.07. The van der Waals surface area contributed by atoms with Crippen LogP contribution >= 0.6 is 0 Å². The molecule has 0 unspecified atom stereocenters. The number of rotatable bonds is 6. The fraction of sp³-hybridized carbons (Fsp3) is 0.417. The highest BCUT2D eigenvalue weighted by atomic mass is 16.7. The summed E-state index contributed by atoms with van der Waals surface area (Å²) in [6.07, 6.45) is 1.82. The molecule has 0 fully saturated rings. The second-order valence-electron chi connectivity index (χ2n) is 3.30. The van der Waals surface area contributed by atoms with E-state index in [0.717, 1.165) is 24.2 Å². The van der Waals surface area contributed by atoms with Crippen LogP contribution in [0, 0.1) is 5.41 Å². The first-order valence-electron chi connectivity index (χ1n) is 5.07. The molecule has 1 rings (SSSR count). The molecule has 3 nitrogen and oxygen atoms in total. The largest absolute Gasteiger partial charge is 0.468 e. The number of hydrogen-bond donors (Lipinski definition) is 1. The molecular formula is C12H17NO2. The fourth-order valence-corrected chi connectivity index (χ4v) is 1.27. The summed E-state index contributed by atoms with van der Waals surface area (Å²) < 4.78 is 10.1. The minimum absolute atomic E-state index is 0.256. The van der Waals surface area contributed by atoms with E-state index in [1.807, 2.05) is 24.3 Å². The summed E-state index contributed by atoms with van der Waals surface area (Å²) in [5, 5.41) is 7.77. The Bertz CT molecular complexity index is 306. The topological polar surface area (TPSA) is 42.3 Å². The fourth-order valence-electron chi connectivity index (χ4n) is 1.27.